The van der Waals surface area contributed by atoms with Gasteiger partial charge in [-0.2, -0.15) is 0 Å². The van der Waals surface area contributed by atoms with E-state index in [1.54, 1.807) is 0 Å². The summed E-state index contributed by atoms with van der Waals surface area (Å²) in [4.78, 5) is 0.996. The Bertz CT molecular complexity index is 510. The molecule has 0 fully saturated rings. The first kappa shape index (κ1) is 12.7. The number of thiophene rings is 1. The van der Waals surface area contributed by atoms with Gasteiger partial charge in [0.05, 0.1) is 9.71 Å². The van der Waals surface area contributed by atoms with Crippen LogP contribution in [0.1, 0.15) is 15.8 Å². The Morgan fingerprint density at radius 3 is 2.44 bits per heavy atom. The lowest BCUT2D eigenvalue weighted by Crippen LogP contribution is -1.91. The van der Waals surface area contributed by atoms with E-state index in [1.807, 2.05) is 30.3 Å². The van der Waals surface area contributed by atoms with Gasteiger partial charge in [0, 0.05) is 14.4 Å². The first-order valence-corrected chi connectivity index (χ1v) is 7.22. The fourth-order valence-electron chi connectivity index (χ4n) is 1.32. The van der Waals surface area contributed by atoms with Crippen LogP contribution >= 0.6 is 62.1 Å². The van der Waals surface area contributed by atoms with Crippen LogP contribution in [0.3, 0.4) is 0 Å². The Balaban J connectivity index is 2.37. The van der Waals surface area contributed by atoms with Crippen LogP contribution in [0.4, 0.5) is 0 Å². The van der Waals surface area contributed by atoms with E-state index in [0.29, 0.717) is 5.02 Å². The highest BCUT2D eigenvalue weighted by Gasteiger charge is 2.16. The van der Waals surface area contributed by atoms with E-state index in [0.717, 1.165) is 19.2 Å². The number of hydrogen-bond acceptors (Lipinski definition) is 1. The van der Waals surface area contributed by atoms with Gasteiger partial charge in [-0.25, -0.2) is 0 Å². The molecule has 0 nitrogen and oxygen atoms in total. The Kier molecular flexibility index (Phi) is 4.20. The monoisotopic (exact) mass is 354 g/mol. The Hall–Kier alpha value is 0.270. The van der Waals surface area contributed by atoms with Crippen molar-refractivity contribution >= 4 is 62.1 Å². The average Bonchev–Trinajstić information content (AvgIpc) is 2.64. The van der Waals surface area contributed by atoms with Crippen molar-refractivity contribution in [3.05, 3.63) is 54.6 Å². The van der Waals surface area contributed by atoms with Gasteiger partial charge >= 0.3 is 0 Å². The highest BCUT2D eigenvalue weighted by Crippen LogP contribution is 2.38. The molecule has 0 amide bonds. The van der Waals surface area contributed by atoms with Crippen molar-refractivity contribution in [1.29, 1.82) is 0 Å². The Labute approximate surface area is 121 Å². The Morgan fingerprint density at radius 2 is 1.88 bits per heavy atom. The van der Waals surface area contributed by atoms with Crippen molar-refractivity contribution in [2.45, 2.75) is 5.38 Å². The van der Waals surface area contributed by atoms with E-state index in [2.05, 4.69) is 15.9 Å². The molecule has 1 unspecified atom stereocenters. The molecule has 0 saturated heterocycles. The number of alkyl halides is 1. The average molecular weight is 356 g/mol. The second-order valence-corrected chi connectivity index (χ2v) is 6.68. The molecule has 2 aromatic rings. The third-order valence-corrected chi connectivity index (χ3v) is 4.80. The fourth-order valence-corrected chi connectivity index (χ4v) is 3.62. The molecule has 1 aromatic carbocycles. The van der Waals surface area contributed by atoms with Crippen LogP contribution in [0, 0.1) is 0 Å². The molecule has 2 rings (SSSR count). The van der Waals surface area contributed by atoms with Gasteiger partial charge in [0.25, 0.3) is 0 Å². The van der Waals surface area contributed by atoms with Crippen molar-refractivity contribution in [1.82, 2.24) is 0 Å². The third-order valence-electron chi connectivity index (χ3n) is 2.08. The zero-order chi connectivity index (χ0) is 11.7. The number of hydrogen-bond donors (Lipinski definition) is 0. The van der Waals surface area contributed by atoms with E-state index < -0.39 is 0 Å². The van der Waals surface area contributed by atoms with Crippen LogP contribution in [0.25, 0.3) is 0 Å². The maximum absolute atomic E-state index is 6.35. The quantitative estimate of drug-likeness (QED) is 0.567. The highest BCUT2D eigenvalue weighted by molar-refractivity contribution is 9.10. The summed E-state index contributed by atoms with van der Waals surface area (Å²) in [5.74, 6) is 0. The molecule has 0 aliphatic carbocycles. The number of benzene rings is 1. The summed E-state index contributed by atoms with van der Waals surface area (Å²) in [6.07, 6.45) is 0. The third kappa shape index (κ3) is 2.74. The molecule has 0 aliphatic rings. The maximum atomic E-state index is 6.35. The summed E-state index contributed by atoms with van der Waals surface area (Å²) in [5, 5.41) is 0.400. The summed E-state index contributed by atoms with van der Waals surface area (Å²) in [6, 6.07) is 9.43. The smallest absolute Gasteiger partial charge is 0.0942 e. The molecule has 1 heterocycles. The van der Waals surface area contributed by atoms with Crippen LogP contribution in [-0.2, 0) is 0 Å². The molecule has 0 bridgehead atoms. The number of halogens is 4. The maximum Gasteiger partial charge on any atom is 0.0942 e. The highest BCUT2D eigenvalue weighted by atomic mass is 79.9. The van der Waals surface area contributed by atoms with Crippen molar-refractivity contribution in [2.24, 2.45) is 0 Å². The molecule has 0 N–H and O–H groups in total. The summed E-state index contributed by atoms with van der Waals surface area (Å²) in [6.45, 7) is 0. The van der Waals surface area contributed by atoms with Gasteiger partial charge in [-0.05, 0) is 29.8 Å². The minimum Gasteiger partial charge on any atom is -0.127 e. The minimum absolute atomic E-state index is 0.252. The standard InChI is InChI=1S/C11H6BrCl3S/c12-6-1-2-7(8(13)5-6)11(15)9-3-4-10(14)16-9/h1-5,11H. The predicted octanol–water partition coefficient (Wildman–Crippen LogP) is 6.15. The van der Waals surface area contributed by atoms with E-state index in [9.17, 15) is 0 Å². The van der Waals surface area contributed by atoms with E-state index in [1.165, 1.54) is 11.3 Å². The summed E-state index contributed by atoms with van der Waals surface area (Å²) in [5.41, 5.74) is 0.894. The molecule has 84 valence electrons. The van der Waals surface area contributed by atoms with Gasteiger partial charge in [0.15, 0.2) is 0 Å². The van der Waals surface area contributed by atoms with Crippen LogP contribution in [0.2, 0.25) is 9.36 Å². The van der Waals surface area contributed by atoms with Crippen molar-refractivity contribution in [3.63, 3.8) is 0 Å². The van der Waals surface area contributed by atoms with Crippen molar-refractivity contribution in [3.8, 4) is 0 Å². The molecule has 0 radical (unpaired) electrons. The summed E-state index contributed by atoms with van der Waals surface area (Å²) >= 11 is 23.2. The molecule has 1 aromatic heterocycles. The SMILES string of the molecule is Clc1ccc(C(Cl)c2ccc(Br)cc2Cl)s1. The first-order chi connectivity index (χ1) is 7.58. The molecule has 0 saturated carbocycles. The summed E-state index contributed by atoms with van der Waals surface area (Å²) < 4.78 is 1.67. The van der Waals surface area contributed by atoms with Gasteiger partial charge in [-0.1, -0.05) is 45.2 Å². The lowest BCUT2D eigenvalue weighted by atomic mass is 10.1. The molecule has 5 heteroatoms. The molecule has 0 spiro atoms. The minimum atomic E-state index is -0.252. The summed E-state index contributed by atoms with van der Waals surface area (Å²) in [7, 11) is 0. The van der Waals surface area contributed by atoms with Crippen LogP contribution in [0.5, 0.6) is 0 Å². The van der Waals surface area contributed by atoms with Crippen LogP contribution in [-0.4, -0.2) is 0 Å². The lowest BCUT2D eigenvalue weighted by Gasteiger charge is -2.09. The van der Waals surface area contributed by atoms with Crippen molar-refractivity contribution < 1.29 is 0 Å². The second-order valence-electron chi connectivity index (χ2n) is 3.17. The topological polar surface area (TPSA) is 0 Å². The fraction of sp³-hybridized carbons (Fsp3) is 0.0909. The van der Waals surface area contributed by atoms with Gasteiger partial charge in [0.1, 0.15) is 0 Å². The lowest BCUT2D eigenvalue weighted by molar-refractivity contribution is 1.18. The molecular weight excluding hydrogens is 350 g/mol. The van der Waals surface area contributed by atoms with E-state index in [4.69, 9.17) is 34.8 Å². The second kappa shape index (κ2) is 5.28. The molecule has 16 heavy (non-hydrogen) atoms. The van der Waals surface area contributed by atoms with Gasteiger partial charge in [-0.3, -0.25) is 0 Å². The van der Waals surface area contributed by atoms with Crippen LogP contribution < -0.4 is 0 Å². The zero-order valence-corrected chi connectivity index (χ0v) is 12.6. The van der Waals surface area contributed by atoms with Crippen molar-refractivity contribution in [2.75, 3.05) is 0 Å². The first-order valence-electron chi connectivity index (χ1n) is 4.42. The van der Waals surface area contributed by atoms with Gasteiger partial charge < -0.3 is 0 Å². The number of rotatable bonds is 2. The molecule has 0 aliphatic heterocycles. The van der Waals surface area contributed by atoms with E-state index in [-0.39, 0.29) is 5.38 Å². The Morgan fingerprint density at radius 1 is 1.12 bits per heavy atom. The van der Waals surface area contributed by atoms with Gasteiger partial charge in [0.2, 0.25) is 0 Å². The molecule has 1 atom stereocenters. The normalized spacial score (nSPS) is 12.8. The van der Waals surface area contributed by atoms with E-state index >= 15 is 0 Å². The molecular formula is C11H6BrCl3S. The largest absolute Gasteiger partial charge is 0.127 e. The van der Waals surface area contributed by atoms with Gasteiger partial charge in [-0.15, -0.1) is 22.9 Å². The zero-order valence-electron chi connectivity index (χ0n) is 7.88. The van der Waals surface area contributed by atoms with Crippen LogP contribution in [0.15, 0.2) is 34.8 Å². The predicted molar refractivity (Wildman–Crippen MR) is 76.2 cm³/mol.